The van der Waals surface area contributed by atoms with Gasteiger partial charge in [-0.3, -0.25) is 0 Å². The Balaban J connectivity index is 1.90. The van der Waals surface area contributed by atoms with Crippen molar-refractivity contribution in [2.45, 2.75) is 13.5 Å². The van der Waals surface area contributed by atoms with Crippen molar-refractivity contribution in [3.63, 3.8) is 0 Å². The fraction of sp³-hybridized carbons (Fsp3) is 0.231. The lowest BCUT2D eigenvalue weighted by Gasteiger charge is -2.09. The maximum atomic E-state index is 12.0. The highest BCUT2D eigenvalue weighted by Gasteiger charge is 2.18. The van der Waals surface area contributed by atoms with Crippen molar-refractivity contribution in [3.8, 4) is 10.8 Å². The largest absolute Gasteiger partial charge is 0.488 e. The molecule has 3 rings (SSSR count). The van der Waals surface area contributed by atoms with Gasteiger partial charge in [-0.15, -0.1) is 4.68 Å². The average Bonchev–Trinajstić information content (AvgIpc) is 3.02. The molecule has 22 heavy (non-hydrogen) atoms. The van der Waals surface area contributed by atoms with Crippen LogP contribution in [0.2, 0.25) is 0 Å². The standard InChI is InChI=1S/C13H12IN5O2S/c1-8-5-3-4-6-10(8)21-7-9-11(14)15-22-12(9)19-13(20)18(2)16-17-19/h3-6H,7H2,1-2H3/i3T. The molecule has 0 N–H and O–H groups in total. The van der Waals surface area contributed by atoms with Crippen LogP contribution in [0.15, 0.2) is 29.0 Å². The Hall–Kier alpha value is -1.75. The predicted octanol–water partition coefficient (Wildman–Crippen LogP) is 1.91. The number of aryl methyl sites for hydroxylation is 2. The molecule has 0 saturated carbocycles. The van der Waals surface area contributed by atoms with Gasteiger partial charge in [0.05, 0.1) is 6.93 Å². The van der Waals surface area contributed by atoms with Crippen LogP contribution in [-0.2, 0) is 13.7 Å². The molecule has 9 heteroatoms. The number of rotatable bonds is 4. The summed E-state index contributed by atoms with van der Waals surface area (Å²) in [7, 11) is 1.54. The minimum Gasteiger partial charge on any atom is -0.488 e. The fourth-order valence-electron chi connectivity index (χ4n) is 1.82. The van der Waals surface area contributed by atoms with Crippen molar-refractivity contribution in [2.75, 3.05) is 0 Å². The van der Waals surface area contributed by atoms with Crippen molar-refractivity contribution in [2.24, 2.45) is 7.05 Å². The molecule has 0 unspecified atom stereocenters. The SMILES string of the molecule is [3H]c1ccc(OCc2c(I)nsc2-n2nnn(C)c2=O)c(C)c1. The lowest BCUT2D eigenvalue weighted by Crippen LogP contribution is -2.22. The summed E-state index contributed by atoms with van der Waals surface area (Å²) in [5, 5.41) is 8.16. The van der Waals surface area contributed by atoms with Crippen molar-refractivity contribution < 1.29 is 6.11 Å². The molecule has 1 aromatic carbocycles. The lowest BCUT2D eigenvalue weighted by molar-refractivity contribution is 0.303. The van der Waals surface area contributed by atoms with E-state index < -0.39 is 0 Å². The van der Waals surface area contributed by atoms with Crippen LogP contribution in [-0.4, -0.2) is 24.2 Å². The van der Waals surface area contributed by atoms with Gasteiger partial charge in [-0.2, -0.15) is 9.06 Å². The van der Waals surface area contributed by atoms with E-state index in [4.69, 9.17) is 6.11 Å². The fourth-order valence-corrected chi connectivity index (χ4v) is 3.45. The van der Waals surface area contributed by atoms with Crippen LogP contribution in [0.1, 0.15) is 12.5 Å². The minimum absolute atomic E-state index is 0.255. The zero-order valence-corrected chi connectivity index (χ0v) is 14.8. The van der Waals surface area contributed by atoms with Crippen molar-refractivity contribution >= 4 is 34.1 Å². The summed E-state index contributed by atoms with van der Waals surface area (Å²) >= 11 is 3.28. The van der Waals surface area contributed by atoms with E-state index in [2.05, 4.69) is 37.4 Å². The Morgan fingerprint density at radius 1 is 1.45 bits per heavy atom. The summed E-state index contributed by atoms with van der Waals surface area (Å²) in [4.78, 5) is 12.0. The van der Waals surface area contributed by atoms with E-state index in [-0.39, 0.29) is 12.3 Å². The first-order chi connectivity index (χ1) is 11.0. The van der Waals surface area contributed by atoms with E-state index in [1.807, 2.05) is 6.92 Å². The number of aromatic nitrogens is 5. The monoisotopic (exact) mass is 431 g/mol. The molecule has 0 atom stereocenters. The van der Waals surface area contributed by atoms with Gasteiger partial charge in [-0.05, 0) is 63.1 Å². The Morgan fingerprint density at radius 2 is 2.27 bits per heavy atom. The van der Waals surface area contributed by atoms with Crippen molar-refractivity contribution in [1.82, 2.24) is 24.2 Å². The van der Waals surface area contributed by atoms with Gasteiger partial charge in [0, 0.05) is 7.05 Å². The van der Waals surface area contributed by atoms with Crippen LogP contribution in [0.4, 0.5) is 0 Å². The number of para-hydroxylation sites is 1. The first-order valence-electron chi connectivity index (χ1n) is 6.81. The van der Waals surface area contributed by atoms with Gasteiger partial charge in [-0.25, -0.2) is 4.79 Å². The molecular formula is C13H12IN5O2S. The molecule has 0 amide bonds. The maximum Gasteiger partial charge on any atom is 0.369 e. The third-order valence-corrected chi connectivity index (χ3v) is 5.11. The smallest absolute Gasteiger partial charge is 0.369 e. The second-order valence-electron chi connectivity index (χ2n) is 4.53. The Kier molecular flexibility index (Phi) is 3.89. The van der Waals surface area contributed by atoms with Crippen LogP contribution < -0.4 is 10.4 Å². The van der Waals surface area contributed by atoms with E-state index in [1.165, 1.54) is 16.2 Å². The van der Waals surface area contributed by atoms with Gasteiger partial charge in [0.25, 0.3) is 0 Å². The molecule has 0 fully saturated rings. The molecule has 7 nitrogen and oxygen atoms in total. The van der Waals surface area contributed by atoms with Gasteiger partial charge >= 0.3 is 5.69 Å². The number of tetrazole rings is 1. The Labute approximate surface area is 145 Å². The summed E-state index contributed by atoms with van der Waals surface area (Å²) in [5.74, 6) is 0.695. The predicted molar refractivity (Wildman–Crippen MR) is 90.5 cm³/mol. The highest BCUT2D eigenvalue weighted by atomic mass is 127. The zero-order valence-electron chi connectivity index (χ0n) is 12.8. The summed E-state index contributed by atoms with van der Waals surface area (Å²) in [5.41, 5.74) is 1.34. The van der Waals surface area contributed by atoms with Crippen molar-refractivity contribution in [3.05, 3.63) is 49.6 Å². The van der Waals surface area contributed by atoms with E-state index in [9.17, 15) is 4.79 Å². The van der Waals surface area contributed by atoms with Gasteiger partial charge in [0.2, 0.25) is 0 Å². The van der Waals surface area contributed by atoms with Gasteiger partial charge in [0.1, 0.15) is 16.1 Å². The summed E-state index contributed by atoms with van der Waals surface area (Å²) in [6, 6.07) is 5.61. The quantitative estimate of drug-likeness (QED) is 0.591. The number of nitrogens with zero attached hydrogens (tertiary/aromatic N) is 5. The third-order valence-electron chi connectivity index (χ3n) is 3.02. The maximum absolute atomic E-state index is 12.0. The highest BCUT2D eigenvalue weighted by Crippen LogP contribution is 2.26. The number of hydrogen-bond acceptors (Lipinski definition) is 6. The molecule has 0 aliphatic heterocycles. The van der Waals surface area contributed by atoms with E-state index >= 15 is 0 Å². The second-order valence-corrected chi connectivity index (χ2v) is 6.31. The highest BCUT2D eigenvalue weighted by molar-refractivity contribution is 14.1. The number of benzene rings is 1. The molecule has 0 radical (unpaired) electrons. The molecule has 0 saturated heterocycles. The summed E-state index contributed by atoms with van der Waals surface area (Å²) in [6.45, 7) is 2.14. The molecule has 0 aliphatic carbocycles. The first-order valence-corrected chi connectivity index (χ1v) is 8.16. The molecule has 0 aliphatic rings. The van der Waals surface area contributed by atoms with Crippen LogP contribution >= 0.6 is 34.1 Å². The van der Waals surface area contributed by atoms with Crippen LogP contribution in [0, 0.1) is 10.6 Å². The number of hydrogen-bond donors (Lipinski definition) is 0. The van der Waals surface area contributed by atoms with Gasteiger partial charge in [-0.1, -0.05) is 18.2 Å². The molecule has 2 aromatic heterocycles. The second kappa shape index (κ2) is 6.16. The van der Waals surface area contributed by atoms with E-state index in [1.54, 1.807) is 25.2 Å². The van der Waals surface area contributed by atoms with Crippen LogP contribution in [0.25, 0.3) is 5.00 Å². The average molecular weight is 431 g/mol. The molecule has 2 heterocycles. The Bertz CT molecular complexity index is 919. The van der Waals surface area contributed by atoms with Crippen molar-refractivity contribution in [1.29, 1.82) is 0 Å². The van der Waals surface area contributed by atoms with Crippen LogP contribution in [0.5, 0.6) is 5.75 Å². The summed E-state index contributed by atoms with van der Waals surface area (Å²) in [6.07, 6.45) is 0. The molecule has 0 spiro atoms. The van der Waals surface area contributed by atoms with Crippen LogP contribution in [0.3, 0.4) is 0 Å². The zero-order chi connectivity index (χ0) is 16.6. The van der Waals surface area contributed by atoms with Gasteiger partial charge < -0.3 is 4.74 Å². The lowest BCUT2D eigenvalue weighted by atomic mass is 10.2. The third kappa shape index (κ3) is 2.77. The topological polar surface area (TPSA) is 74.8 Å². The molecular weight excluding hydrogens is 417 g/mol. The van der Waals surface area contributed by atoms with Gasteiger partial charge in [0.15, 0.2) is 5.00 Å². The normalized spacial score (nSPS) is 11.5. The number of ether oxygens (including phenoxy) is 1. The first kappa shape index (κ1) is 13.9. The Morgan fingerprint density at radius 3 is 2.95 bits per heavy atom. The minimum atomic E-state index is -0.332. The molecule has 114 valence electrons. The molecule has 3 aromatic rings. The number of halogens is 1. The van der Waals surface area contributed by atoms with E-state index in [0.717, 1.165) is 19.5 Å². The summed E-state index contributed by atoms with van der Waals surface area (Å²) < 4.78 is 20.8. The van der Waals surface area contributed by atoms with E-state index in [0.29, 0.717) is 16.8 Å². The molecule has 0 bridgehead atoms.